The first kappa shape index (κ1) is 13.4. The summed E-state index contributed by atoms with van der Waals surface area (Å²) in [6.07, 6.45) is 1.12. The lowest BCUT2D eigenvalue weighted by atomic mass is 9.88. The van der Waals surface area contributed by atoms with Crippen molar-refractivity contribution in [3.05, 3.63) is 41.1 Å². The van der Waals surface area contributed by atoms with Crippen LogP contribution in [0.25, 0.3) is 16.5 Å². The second-order valence-corrected chi connectivity index (χ2v) is 4.86. The molecular weight excluding hydrogens is 270 g/mol. The van der Waals surface area contributed by atoms with Gasteiger partial charge in [0.05, 0.1) is 25.4 Å². The van der Waals surface area contributed by atoms with Gasteiger partial charge in [0.1, 0.15) is 0 Å². The molecule has 0 saturated carbocycles. The number of methoxy groups -OCH3 is 2. The standard InChI is InChI=1S/C16H15NO4/c1-20-15(18)10-7-8-12-13(14(10)16(19)21-2)9-5-3-4-6-11(9)17-12/h3-6,17H,7-8H2,1-2H3. The van der Waals surface area contributed by atoms with E-state index in [0.29, 0.717) is 24.0 Å². The van der Waals surface area contributed by atoms with E-state index in [0.717, 1.165) is 22.2 Å². The highest BCUT2D eigenvalue weighted by molar-refractivity contribution is 6.26. The minimum atomic E-state index is -0.513. The third-order valence-electron chi connectivity index (χ3n) is 3.78. The van der Waals surface area contributed by atoms with Crippen LogP contribution >= 0.6 is 0 Å². The molecule has 0 amide bonds. The van der Waals surface area contributed by atoms with Crippen molar-refractivity contribution in [3.63, 3.8) is 0 Å². The maximum Gasteiger partial charge on any atom is 0.339 e. The molecule has 1 aliphatic carbocycles. The number of nitrogens with one attached hydrogen (secondary N) is 1. The van der Waals surface area contributed by atoms with Crippen molar-refractivity contribution in [3.8, 4) is 0 Å². The average Bonchev–Trinajstić information content (AvgIpc) is 2.91. The number of aromatic nitrogens is 1. The highest BCUT2D eigenvalue weighted by Crippen LogP contribution is 2.37. The largest absolute Gasteiger partial charge is 0.466 e. The molecule has 0 saturated heterocycles. The smallest absolute Gasteiger partial charge is 0.339 e. The number of H-pyrrole nitrogens is 1. The zero-order valence-corrected chi connectivity index (χ0v) is 11.9. The molecule has 1 N–H and O–H groups in total. The number of hydrogen-bond acceptors (Lipinski definition) is 4. The summed E-state index contributed by atoms with van der Waals surface area (Å²) >= 11 is 0. The van der Waals surface area contributed by atoms with E-state index >= 15 is 0 Å². The summed E-state index contributed by atoms with van der Waals surface area (Å²) in [4.78, 5) is 27.5. The Morgan fingerprint density at radius 2 is 1.76 bits per heavy atom. The molecule has 0 atom stereocenters. The Labute approximate surface area is 121 Å². The van der Waals surface area contributed by atoms with Crippen LogP contribution in [-0.2, 0) is 25.5 Å². The predicted octanol–water partition coefficient (Wildman–Crippen LogP) is 2.21. The molecule has 3 rings (SSSR count). The van der Waals surface area contributed by atoms with Crippen molar-refractivity contribution in [1.29, 1.82) is 0 Å². The molecule has 0 bridgehead atoms. The second kappa shape index (κ2) is 5.09. The summed E-state index contributed by atoms with van der Waals surface area (Å²) in [5.74, 6) is -0.993. The third kappa shape index (κ3) is 2.01. The fourth-order valence-corrected chi connectivity index (χ4v) is 2.85. The van der Waals surface area contributed by atoms with Crippen LogP contribution < -0.4 is 0 Å². The number of aryl methyl sites for hydroxylation is 1. The summed E-state index contributed by atoms with van der Waals surface area (Å²) in [5, 5.41) is 0.911. The van der Waals surface area contributed by atoms with Crippen molar-refractivity contribution < 1.29 is 19.1 Å². The molecule has 5 heteroatoms. The first-order valence-electron chi connectivity index (χ1n) is 6.67. The number of carbonyl (C=O) groups is 2. The normalized spacial score (nSPS) is 14.0. The quantitative estimate of drug-likeness (QED) is 0.859. The molecule has 0 fully saturated rings. The average molecular weight is 285 g/mol. The molecule has 1 aromatic carbocycles. The van der Waals surface area contributed by atoms with Crippen molar-refractivity contribution in [2.75, 3.05) is 14.2 Å². The van der Waals surface area contributed by atoms with Crippen LogP contribution in [-0.4, -0.2) is 31.1 Å². The van der Waals surface area contributed by atoms with Crippen molar-refractivity contribution >= 4 is 28.4 Å². The predicted molar refractivity (Wildman–Crippen MR) is 77.6 cm³/mol. The number of esters is 2. The van der Waals surface area contributed by atoms with E-state index in [9.17, 15) is 9.59 Å². The SMILES string of the molecule is COC(=O)C1=C(C(=O)OC)c2c([nH]c3ccccc23)CC1. The number of carbonyl (C=O) groups excluding carboxylic acids is 2. The molecule has 0 aliphatic heterocycles. The topological polar surface area (TPSA) is 68.4 Å². The number of benzene rings is 1. The van der Waals surface area contributed by atoms with Gasteiger partial charge in [0.2, 0.25) is 0 Å². The fourth-order valence-electron chi connectivity index (χ4n) is 2.85. The van der Waals surface area contributed by atoms with Crippen LogP contribution in [0.3, 0.4) is 0 Å². The van der Waals surface area contributed by atoms with E-state index in [1.165, 1.54) is 14.2 Å². The number of fused-ring (bicyclic) bond motifs is 3. The maximum atomic E-state index is 12.2. The van der Waals surface area contributed by atoms with Gasteiger partial charge in [-0.1, -0.05) is 18.2 Å². The van der Waals surface area contributed by atoms with Crippen LogP contribution in [0, 0.1) is 0 Å². The molecular formula is C16H15NO4. The molecule has 21 heavy (non-hydrogen) atoms. The molecule has 2 aromatic rings. The Morgan fingerprint density at radius 3 is 2.48 bits per heavy atom. The monoisotopic (exact) mass is 285 g/mol. The summed E-state index contributed by atoms with van der Waals surface area (Å²) in [5.41, 5.74) is 3.33. The van der Waals surface area contributed by atoms with E-state index in [2.05, 4.69) is 4.98 Å². The van der Waals surface area contributed by atoms with Gasteiger partial charge in [0, 0.05) is 22.2 Å². The van der Waals surface area contributed by atoms with Gasteiger partial charge in [-0.15, -0.1) is 0 Å². The third-order valence-corrected chi connectivity index (χ3v) is 3.78. The molecule has 108 valence electrons. The van der Waals surface area contributed by atoms with Gasteiger partial charge in [-0.3, -0.25) is 0 Å². The van der Waals surface area contributed by atoms with Crippen LogP contribution in [0.15, 0.2) is 29.8 Å². The molecule has 1 aromatic heterocycles. The molecule has 1 heterocycles. The highest BCUT2D eigenvalue weighted by atomic mass is 16.5. The van der Waals surface area contributed by atoms with Gasteiger partial charge in [-0.2, -0.15) is 0 Å². The molecule has 1 aliphatic rings. The number of aromatic amines is 1. The first-order chi connectivity index (χ1) is 10.2. The zero-order chi connectivity index (χ0) is 15.0. The van der Waals surface area contributed by atoms with Crippen LogP contribution in [0.1, 0.15) is 17.7 Å². The van der Waals surface area contributed by atoms with Gasteiger partial charge in [0.25, 0.3) is 0 Å². The molecule has 0 radical (unpaired) electrons. The van der Waals surface area contributed by atoms with E-state index < -0.39 is 11.9 Å². The van der Waals surface area contributed by atoms with Crippen LogP contribution in [0.2, 0.25) is 0 Å². The number of ether oxygens (including phenoxy) is 2. The Morgan fingerprint density at radius 1 is 1.05 bits per heavy atom. The Hall–Kier alpha value is -2.56. The lowest BCUT2D eigenvalue weighted by Crippen LogP contribution is -2.18. The number of rotatable bonds is 2. The Bertz CT molecular complexity index is 770. The summed E-state index contributed by atoms with van der Waals surface area (Å²) in [6.45, 7) is 0. The summed E-state index contributed by atoms with van der Waals surface area (Å²) in [7, 11) is 2.63. The molecule has 0 unspecified atom stereocenters. The molecule has 0 spiro atoms. The van der Waals surface area contributed by atoms with Crippen molar-refractivity contribution in [1.82, 2.24) is 4.98 Å². The number of hydrogen-bond donors (Lipinski definition) is 1. The van der Waals surface area contributed by atoms with Crippen LogP contribution in [0.4, 0.5) is 0 Å². The lowest BCUT2D eigenvalue weighted by Gasteiger charge is -2.18. The van der Waals surface area contributed by atoms with E-state index in [-0.39, 0.29) is 0 Å². The van der Waals surface area contributed by atoms with Gasteiger partial charge in [0.15, 0.2) is 0 Å². The van der Waals surface area contributed by atoms with Gasteiger partial charge < -0.3 is 14.5 Å². The van der Waals surface area contributed by atoms with Gasteiger partial charge in [-0.25, -0.2) is 9.59 Å². The minimum absolute atomic E-state index is 0.308. The van der Waals surface area contributed by atoms with Crippen molar-refractivity contribution in [2.45, 2.75) is 12.8 Å². The van der Waals surface area contributed by atoms with E-state index in [4.69, 9.17) is 9.47 Å². The van der Waals surface area contributed by atoms with Crippen molar-refractivity contribution in [2.24, 2.45) is 0 Å². The zero-order valence-electron chi connectivity index (χ0n) is 11.9. The van der Waals surface area contributed by atoms with E-state index in [1.54, 1.807) is 0 Å². The van der Waals surface area contributed by atoms with Gasteiger partial charge >= 0.3 is 11.9 Å². The number of para-hydroxylation sites is 1. The summed E-state index contributed by atoms with van der Waals surface area (Å²) < 4.78 is 9.67. The Balaban J connectivity index is 2.32. The fraction of sp³-hybridized carbons (Fsp3) is 0.250. The summed E-state index contributed by atoms with van der Waals surface area (Å²) in [6, 6.07) is 7.69. The highest BCUT2D eigenvalue weighted by Gasteiger charge is 2.31. The minimum Gasteiger partial charge on any atom is -0.466 e. The molecule has 5 nitrogen and oxygen atoms in total. The Kier molecular flexibility index (Phi) is 3.25. The van der Waals surface area contributed by atoms with E-state index in [1.807, 2.05) is 24.3 Å². The van der Waals surface area contributed by atoms with Gasteiger partial charge in [-0.05, 0) is 18.9 Å². The van der Waals surface area contributed by atoms with Crippen LogP contribution in [0.5, 0.6) is 0 Å². The lowest BCUT2D eigenvalue weighted by molar-refractivity contribution is -0.138. The maximum absolute atomic E-state index is 12.2. The second-order valence-electron chi connectivity index (χ2n) is 4.86. The first-order valence-corrected chi connectivity index (χ1v) is 6.67.